The van der Waals surface area contributed by atoms with Crippen molar-refractivity contribution in [2.75, 3.05) is 30.0 Å². The van der Waals surface area contributed by atoms with E-state index in [1.165, 1.54) is 5.56 Å². The number of hydrogen-bond donors (Lipinski definition) is 1. The van der Waals surface area contributed by atoms with E-state index in [1.807, 2.05) is 42.5 Å². The van der Waals surface area contributed by atoms with Crippen molar-refractivity contribution >= 4 is 17.3 Å². The molecule has 0 atom stereocenters. The third-order valence-electron chi connectivity index (χ3n) is 4.59. The lowest BCUT2D eigenvalue weighted by Crippen LogP contribution is -2.53. The summed E-state index contributed by atoms with van der Waals surface area (Å²) in [6.45, 7) is 6.74. The summed E-state index contributed by atoms with van der Waals surface area (Å²) in [6.07, 6.45) is 1.25. The summed E-state index contributed by atoms with van der Waals surface area (Å²) in [4.78, 5) is 14.5. The Hall–Kier alpha value is -2.33. The molecule has 1 fully saturated rings. The Labute approximate surface area is 149 Å². The summed E-state index contributed by atoms with van der Waals surface area (Å²) >= 11 is 0. The molecule has 1 aliphatic rings. The number of morpholine rings is 1. The third kappa shape index (κ3) is 4.60. The zero-order valence-electron chi connectivity index (χ0n) is 15.0. The monoisotopic (exact) mass is 338 g/mol. The number of hydrogen-bond acceptors (Lipinski definition) is 3. The van der Waals surface area contributed by atoms with E-state index in [0.29, 0.717) is 6.42 Å². The fraction of sp³-hybridized carbons (Fsp3) is 0.381. The Morgan fingerprint density at radius 3 is 2.52 bits per heavy atom. The smallest absolute Gasteiger partial charge is 0.224 e. The second kappa shape index (κ2) is 7.70. The summed E-state index contributed by atoms with van der Waals surface area (Å²) in [7, 11) is 0. The molecule has 1 amide bonds. The second-order valence-electron chi connectivity index (χ2n) is 7.10. The summed E-state index contributed by atoms with van der Waals surface area (Å²) < 4.78 is 5.58. The molecule has 4 heteroatoms. The van der Waals surface area contributed by atoms with Crippen LogP contribution in [0, 0.1) is 0 Å². The molecular formula is C21H26N2O2. The van der Waals surface area contributed by atoms with Gasteiger partial charge in [0.2, 0.25) is 5.91 Å². The van der Waals surface area contributed by atoms with E-state index in [1.54, 1.807) is 0 Å². The number of nitrogens with one attached hydrogen (secondary N) is 1. The molecule has 2 aromatic rings. The molecule has 0 spiro atoms. The molecule has 0 saturated carbocycles. The molecule has 1 saturated heterocycles. The van der Waals surface area contributed by atoms with Gasteiger partial charge in [0.15, 0.2) is 0 Å². The Bertz CT molecular complexity index is 696. The van der Waals surface area contributed by atoms with E-state index in [2.05, 4.69) is 36.2 Å². The van der Waals surface area contributed by atoms with Gasteiger partial charge in [-0.2, -0.15) is 0 Å². The van der Waals surface area contributed by atoms with Gasteiger partial charge in [-0.25, -0.2) is 0 Å². The zero-order valence-corrected chi connectivity index (χ0v) is 15.0. The van der Waals surface area contributed by atoms with Crippen molar-refractivity contribution in [2.45, 2.75) is 32.2 Å². The van der Waals surface area contributed by atoms with Gasteiger partial charge in [-0.15, -0.1) is 0 Å². The Balaban J connectivity index is 1.56. The quantitative estimate of drug-likeness (QED) is 0.900. The fourth-order valence-corrected chi connectivity index (χ4v) is 3.19. The molecule has 3 rings (SSSR count). The van der Waals surface area contributed by atoms with Gasteiger partial charge >= 0.3 is 0 Å². The van der Waals surface area contributed by atoms with Crippen LogP contribution < -0.4 is 10.2 Å². The molecule has 4 nitrogen and oxygen atoms in total. The Morgan fingerprint density at radius 1 is 1.12 bits per heavy atom. The van der Waals surface area contributed by atoms with E-state index >= 15 is 0 Å². The molecule has 0 aliphatic carbocycles. The topological polar surface area (TPSA) is 41.6 Å². The van der Waals surface area contributed by atoms with Gasteiger partial charge in [0, 0.05) is 24.3 Å². The van der Waals surface area contributed by atoms with Gasteiger partial charge in [-0.3, -0.25) is 4.79 Å². The summed E-state index contributed by atoms with van der Waals surface area (Å²) in [6, 6.07) is 18.2. The van der Waals surface area contributed by atoms with Crippen LogP contribution in [0.1, 0.15) is 25.8 Å². The van der Waals surface area contributed by atoms with Crippen LogP contribution in [0.2, 0.25) is 0 Å². The molecular weight excluding hydrogens is 312 g/mol. The molecule has 1 N–H and O–H groups in total. The summed E-state index contributed by atoms with van der Waals surface area (Å²) in [5.41, 5.74) is 3.17. The summed E-state index contributed by atoms with van der Waals surface area (Å²) in [5, 5.41) is 2.98. The number of amides is 1. The van der Waals surface area contributed by atoms with Crippen molar-refractivity contribution in [3.63, 3.8) is 0 Å². The first-order valence-corrected chi connectivity index (χ1v) is 8.84. The van der Waals surface area contributed by atoms with Gasteiger partial charge in [-0.1, -0.05) is 30.3 Å². The maximum Gasteiger partial charge on any atom is 0.224 e. The van der Waals surface area contributed by atoms with Crippen LogP contribution >= 0.6 is 0 Å². The molecule has 0 unspecified atom stereocenters. The molecule has 0 bridgehead atoms. The number of ether oxygens (including phenoxy) is 1. The van der Waals surface area contributed by atoms with E-state index in [-0.39, 0.29) is 11.4 Å². The Morgan fingerprint density at radius 2 is 1.84 bits per heavy atom. The second-order valence-corrected chi connectivity index (χ2v) is 7.10. The molecule has 0 radical (unpaired) electrons. The number of anilines is 2. The van der Waals surface area contributed by atoms with Crippen molar-refractivity contribution in [1.29, 1.82) is 0 Å². The van der Waals surface area contributed by atoms with Gasteiger partial charge in [0.1, 0.15) is 0 Å². The SMILES string of the molecule is CC1(C)COCCN1c1ccc(NC(=O)CCc2ccccc2)cc1. The minimum absolute atomic E-state index is 0.0152. The molecule has 0 aromatic heterocycles. The lowest BCUT2D eigenvalue weighted by Gasteiger charge is -2.43. The largest absolute Gasteiger partial charge is 0.377 e. The molecule has 1 aliphatic heterocycles. The van der Waals surface area contributed by atoms with E-state index in [9.17, 15) is 4.79 Å². The van der Waals surface area contributed by atoms with Gasteiger partial charge in [0.25, 0.3) is 0 Å². The van der Waals surface area contributed by atoms with Crippen molar-refractivity contribution in [3.8, 4) is 0 Å². The average Bonchev–Trinajstić information content (AvgIpc) is 2.61. The highest BCUT2D eigenvalue weighted by Crippen LogP contribution is 2.28. The summed E-state index contributed by atoms with van der Waals surface area (Å²) in [5.74, 6) is 0.0447. The highest BCUT2D eigenvalue weighted by molar-refractivity contribution is 5.91. The van der Waals surface area contributed by atoms with Crippen LogP contribution in [-0.2, 0) is 16.0 Å². The van der Waals surface area contributed by atoms with Crippen molar-refractivity contribution < 1.29 is 9.53 Å². The first-order valence-electron chi connectivity index (χ1n) is 8.84. The standard InChI is InChI=1S/C21H26N2O2/c1-21(2)16-25-15-14-23(21)19-11-9-18(10-12-19)22-20(24)13-8-17-6-4-3-5-7-17/h3-7,9-12H,8,13-16H2,1-2H3,(H,22,24). The maximum absolute atomic E-state index is 12.1. The number of aryl methyl sites for hydroxylation is 1. The van der Waals surface area contributed by atoms with Crippen molar-refractivity contribution in [1.82, 2.24) is 0 Å². The normalized spacial score (nSPS) is 16.5. The van der Waals surface area contributed by atoms with Crippen LogP contribution in [0.5, 0.6) is 0 Å². The number of nitrogens with zero attached hydrogens (tertiary/aromatic N) is 1. The highest BCUT2D eigenvalue weighted by atomic mass is 16.5. The van der Waals surface area contributed by atoms with E-state index in [0.717, 1.165) is 37.6 Å². The number of carbonyl (C=O) groups is 1. The number of rotatable bonds is 5. The van der Waals surface area contributed by atoms with E-state index < -0.39 is 0 Å². The molecule has 2 aromatic carbocycles. The van der Waals surface area contributed by atoms with Crippen LogP contribution in [0.3, 0.4) is 0 Å². The van der Waals surface area contributed by atoms with Crippen molar-refractivity contribution in [3.05, 3.63) is 60.2 Å². The Kier molecular flexibility index (Phi) is 5.39. The number of carbonyl (C=O) groups excluding carboxylic acids is 1. The molecule has 1 heterocycles. The minimum Gasteiger partial charge on any atom is -0.377 e. The predicted molar refractivity (Wildman–Crippen MR) is 102 cm³/mol. The average molecular weight is 338 g/mol. The van der Waals surface area contributed by atoms with Crippen LogP contribution in [-0.4, -0.2) is 31.2 Å². The lowest BCUT2D eigenvalue weighted by molar-refractivity contribution is -0.116. The van der Waals surface area contributed by atoms with Gasteiger partial charge in [-0.05, 0) is 50.1 Å². The lowest BCUT2D eigenvalue weighted by atomic mass is 10.0. The van der Waals surface area contributed by atoms with Gasteiger partial charge in [0.05, 0.1) is 18.8 Å². The number of benzene rings is 2. The predicted octanol–water partition coefficient (Wildman–Crippen LogP) is 3.87. The first kappa shape index (κ1) is 17.5. The van der Waals surface area contributed by atoms with E-state index in [4.69, 9.17) is 4.74 Å². The van der Waals surface area contributed by atoms with Crippen LogP contribution in [0.15, 0.2) is 54.6 Å². The third-order valence-corrected chi connectivity index (χ3v) is 4.59. The van der Waals surface area contributed by atoms with Crippen molar-refractivity contribution in [2.24, 2.45) is 0 Å². The van der Waals surface area contributed by atoms with Gasteiger partial charge < -0.3 is 15.0 Å². The first-order chi connectivity index (χ1) is 12.0. The van der Waals surface area contributed by atoms with Crippen LogP contribution in [0.4, 0.5) is 11.4 Å². The molecule has 25 heavy (non-hydrogen) atoms. The molecule has 132 valence electrons. The fourth-order valence-electron chi connectivity index (χ4n) is 3.19. The van der Waals surface area contributed by atoms with Crippen LogP contribution in [0.25, 0.3) is 0 Å². The highest BCUT2D eigenvalue weighted by Gasteiger charge is 2.30. The zero-order chi connectivity index (χ0) is 17.7. The minimum atomic E-state index is -0.0152. The maximum atomic E-state index is 12.1.